The molecule has 3 nitrogen and oxygen atoms in total. The lowest BCUT2D eigenvalue weighted by molar-refractivity contribution is 0.252. The molecule has 1 aromatic heterocycles. The molecule has 2 N–H and O–H groups in total. The van der Waals surface area contributed by atoms with E-state index in [1.165, 1.54) is 23.6 Å². The van der Waals surface area contributed by atoms with Crippen molar-refractivity contribution in [3.8, 4) is 0 Å². The molecule has 2 rings (SSSR count). The first-order chi connectivity index (χ1) is 7.29. The third kappa shape index (κ3) is 2.93. The lowest BCUT2D eigenvalue weighted by Gasteiger charge is -2.22. The number of hydrogen-bond acceptors (Lipinski definition) is 5. The van der Waals surface area contributed by atoms with Crippen LogP contribution < -0.4 is 5.73 Å². The van der Waals surface area contributed by atoms with E-state index >= 15 is 0 Å². The Labute approximate surface area is 99.1 Å². The highest BCUT2D eigenvalue weighted by Gasteiger charge is 2.20. The minimum atomic E-state index is 0.563. The second kappa shape index (κ2) is 5.30. The normalized spacial score (nSPS) is 21.4. The maximum Gasteiger partial charge on any atom is 0.106 e. The number of thiazole rings is 1. The van der Waals surface area contributed by atoms with Crippen LogP contribution in [-0.2, 0) is 13.1 Å². The summed E-state index contributed by atoms with van der Waals surface area (Å²) in [7, 11) is 2.19. The number of thioether (sulfide) groups is 1. The fourth-order valence-electron chi connectivity index (χ4n) is 1.77. The number of hydrogen-bond donors (Lipinski definition) is 1. The third-order valence-corrected chi connectivity index (χ3v) is 4.78. The monoisotopic (exact) mass is 243 g/mol. The molecular weight excluding hydrogens is 226 g/mol. The molecule has 84 valence electrons. The Morgan fingerprint density at radius 1 is 1.67 bits per heavy atom. The summed E-state index contributed by atoms with van der Waals surface area (Å²) in [5, 5.41) is 3.17. The van der Waals surface area contributed by atoms with Gasteiger partial charge in [-0.05, 0) is 19.2 Å². The van der Waals surface area contributed by atoms with E-state index in [0.717, 1.165) is 17.6 Å². The second-order valence-corrected chi connectivity index (χ2v) is 5.96. The molecule has 15 heavy (non-hydrogen) atoms. The van der Waals surface area contributed by atoms with Crippen LogP contribution in [0.2, 0.25) is 0 Å². The SMILES string of the molecule is CN(Cc1csc(CN)n1)C1CCSC1. The van der Waals surface area contributed by atoms with Crippen LogP contribution in [0.4, 0.5) is 0 Å². The molecule has 1 aliphatic heterocycles. The Morgan fingerprint density at radius 2 is 2.53 bits per heavy atom. The number of nitrogens with zero attached hydrogens (tertiary/aromatic N) is 2. The van der Waals surface area contributed by atoms with Crippen molar-refractivity contribution in [2.24, 2.45) is 5.73 Å². The molecule has 1 unspecified atom stereocenters. The maximum atomic E-state index is 5.55. The first-order valence-corrected chi connectivity index (χ1v) is 7.24. The molecule has 0 bridgehead atoms. The number of aromatic nitrogens is 1. The van der Waals surface area contributed by atoms with Gasteiger partial charge in [-0.15, -0.1) is 11.3 Å². The van der Waals surface area contributed by atoms with Gasteiger partial charge in [-0.3, -0.25) is 4.90 Å². The second-order valence-electron chi connectivity index (χ2n) is 3.87. The molecule has 0 radical (unpaired) electrons. The van der Waals surface area contributed by atoms with Gasteiger partial charge >= 0.3 is 0 Å². The van der Waals surface area contributed by atoms with Gasteiger partial charge in [-0.1, -0.05) is 0 Å². The van der Waals surface area contributed by atoms with Crippen LogP contribution in [0.25, 0.3) is 0 Å². The lowest BCUT2D eigenvalue weighted by Crippen LogP contribution is -2.30. The van der Waals surface area contributed by atoms with Crippen LogP contribution in [0.3, 0.4) is 0 Å². The van der Waals surface area contributed by atoms with Crippen LogP contribution in [0, 0.1) is 0 Å². The van der Waals surface area contributed by atoms with E-state index in [9.17, 15) is 0 Å². The van der Waals surface area contributed by atoms with Gasteiger partial charge in [0.2, 0.25) is 0 Å². The first-order valence-electron chi connectivity index (χ1n) is 5.21. The van der Waals surface area contributed by atoms with Crippen molar-refractivity contribution in [1.29, 1.82) is 0 Å². The van der Waals surface area contributed by atoms with Crippen molar-refractivity contribution >= 4 is 23.1 Å². The molecule has 1 aromatic rings. The molecule has 1 saturated heterocycles. The van der Waals surface area contributed by atoms with Crippen molar-refractivity contribution in [3.63, 3.8) is 0 Å². The summed E-state index contributed by atoms with van der Waals surface area (Å²) in [5.41, 5.74) is 6.71. The molecule has 1 aliphatic rings. The van der Waals surface area contributed by atoms with Gasteiger partial charge in [0.15, 0.2) is 0 Å². The molecule has 0 aliphatic carbocycles. The topological polar surface area (TPSA) is 42.1 Å². The van der Waals surface area contributed by atoms with Crippen LogP contribution >= 0.6 is 23.1 Å². The molecule has 5 heteroatoms. The van der Waals surface area contributed by atoms with Gasteiger partial charge in [-0.25, -0.2) is 4.98 Å². The lowest BCUT2D eigenvalue weighted by atomic mass is 10.2. The van der Waals surface area contributed by atoms with Crippen molar-refractivity contribution in [1.82, 2.24) is 9.88 Å². The average Bonchev–Trinajstić information content (AvgIpc) is 2.87. The van der Waals surface area contributed by atoms with Crippen molar-refractivity contribution in [2.45, 2.75) is 25.6 Å². The first kappa shape index (κ1) is 11.4. The molecule has 2 heterocycles. The fourth-order valence-corrected chi connectivity index (χ4v) is 3.73. The highest BCUT2D eigenvalue weighted by Crippen LogP contribution is 2.22. The van der Waals surface area contributed by atoms with E-state index in [4.69, 9.17) is 5.73 Å². The smallest absolute Gasteiger partial charge is 0.106 e. The maximum absolute atomic E-state index is 5.55. The Hall–Kier alpha value is -0.100. The molecule has 1 atom stereocenters. The predicted octanol–water partition coefficient (Wildman–Crippen LogP) is 1.54. The Balaban J connectivity index is 1.89. The average molecular weight is 243 g/mol. The van der Waals surface area contributed by atoms with Gasteiger partial charge in [0.25, 0.3) is 0 Å². The summed E-state index contributed by atoms with van der Waals surface area (Å²) in [6, 6.07) is 0.734. The van der Waals surface area contributed by atoms with Gasteiger partial charge in [0.1, 0.15) is 5.01 Å². The minimum Gasteiger partial charge on any atom is -0.325 e. The van der Waals surface area contributed by atoms with Gasteiger partial charge in [0, 0.05) is 30.3 Å². The van der Waals surface area contributed by atoms with Crippen LogP contribution in [0.5, 0.6) is 0 Å². The van der Waals surface area contributed by atoms with Crippen molar-refractivity contribution in [2.75, 3.05) is 18.6 Å². The highest BCUT2D eigenvalue weighted by molar-refractivity contribution is 7.99. The van der Waals surface area contributed by atoms with Crippen molar-refractivity contribution < 1.29 is 0 Å². The largest absolute Gasteiger partial charge is 0.325 e. The Bertz CT molecular complexity index is 307. The zero-order chi connectivity index (χ0) is 10.7. The Kier molecular flexibility index (Phi) is 4.02. The molecule has 0 saturated carbocycles. The van der Waals surface area contributed by atoms with E-state index in [2.05, 4.69) is 34.1 Å². The predicted molar refractivity (Wildman–Crippen MR) is 67.2 cm³/mol. The van der Waals surface area contributed by atoms with Gasteiger partial charge in [0.05, 0.1) is 5.69 Å². The summed E-state index contributed by atoms with van der Waals surface area (Å²) in [5.74, 6) is 2.57. The summed E-state index contributed by atoms with van der Waals surface area (Å²) in [4.78, 5) is 6.90. The van der Waals surface area contributed by atoms with E-state index in [0.29, 0.717) is 6.54 Å². The van der Waals surface area contributed by atoms with Crippen LogP contribution in [0.1, 0.15) is 17.1 Å². The van der Waals surface area contributed by atoms with E-state index in [1.54, 1.807) is 11.3 Å². The highest BCUT2D eigenvalue weighted by atomic mass is 32.2. The third-order valence-electron chi connectivity index (χ3n) is 2.71. The number of rotatable bonds is 4. The molecule has 0 spiro atoms. The molecule has 0 aromatic carbocycles. The molecule has 0 amide bonds. The summed E-state index contributed by atoms with van der Waals surface area (Å²) >= 11 is 3.72. The summed E-state index contributed by atoms with van der Waals surface area (Å²) in [6.07, 6.45) is 1.31. The van der Waals surface area contributed by atoms with Gasteiger partial charge in [-0.2, -0.15) is 11.8 Å². The van der Waals surface area contributed by atoms with Crippen LogP contribution in [0.15, 0.2) is 5.38 Å². The molecular formula is C10H17N3S2. The minimum absolute atomic E-state index is 0.563. The van der Waals surface area contributed by atoms with Crippen molar-refractivity contribution in [3.05, 3.63) is 16.1 Å². The van der Waals surface area contributed by atoms with E-state index in [1.807, 2.05) is 0 Å². The van der Waals surface area contributed by atoms with Gasteiger partial charge < -0.3 is 5.73 Å². The summed E-state index contributed by atoms with van der Waals surface area (Å²) in [6.45, 7) is 1.52. The Morgan fingerprint density at radius 3 is 3.13 bits per heavy atom. The standard InChI is InChI=1S/C10H17N3S2/c1-13(9-2-3-14-7-9)5-8-6-15-10(4-11)12-8/h6,9H,2-5,7,11H2,1H3. The quantitative estimate of drug-likeness (QED) is 0.871. The van der Waals surface area contributed by atoms with E-state index in [-0.39, 0.29) is 0 Å². The van der Waals surface area contributed by atoms with Crippen LogP contribution in [-0.4, -0.2) is 34.5 Å². The molecule has 1 fully saturated rings. The zero-order valence-electron chi connectivity index (χ0n) is 8.98. The summed E-state index contributed by atoms with van der Waals surface area (Å²) < 4.78 is 0. The number of nitrogens with two attached hydrogens (primary N) is 1. The zero-order valence-corrected chi connectivity index (χ0v) is 10.6. The fraction of sp³-hybridized carbons (Fsp3) is 0.700. The van der Waals surface area contributed by atoms with E-state index < -0.39 is 0 Å².